The number of Topliss-reactive ketones (excluding diaryl/α,β-unsaturated/α-hetero) is 1. The lowest BCUT2D eigenvalue weighted by atomic mass is 10.1. The van der Waals surface area contributed by atoms with Crippen LogP contribution in [0.5, 0.6) is 5.75 Å². The van der Waals surface area contributed by atoms with Gasteiger partial charge in [0.05, 0.1) is 13.7 Å². The van der Waals surface area contributed by atoms with Crippen molar-refractivity contribution in [3.8, 4) is 5.75 Å². The van der Waals surface area contributed by atoms with Gasteiger partial charge in [0.15, 0.2) is 5.78 Å². The molecule has 0 unspecified atom stereocenters. The van der Waals surface area contributed by atoms with Gasteiger partial charge in [-0.2, -0.15) is 0 Å². The minimum atomic E-state index is -0.276. The molecule has 0 spiro atoms. The highest BCUT2D eigenvalue weighted by Crippen LogP contribution is 2.15. The number of amides is 2. The van der Waals surface area contributed by atoms with E-state index in [1.165, 1.54) is 0 Å². The molecule has 5 heteroatoms. The molecule has 0 atom stereocenters. The summed E-state index contributed by atoms with van der Waals surface area (Å²) in [5, 5.41) is 0. The van der Waals surface area contributed by atoms with Crippen molar-refractivity contribution in [2.45, 2.75) is 12.8 Å². The number of carbonyl (C=O) groups excluding carboxylic acids is 3. The topological polar surface area (TPSA) is 63.7 Å². The number of likely N-dealkylation sites (tertiary alicyclic amines) is 1. The van der Waals surface area contributed by atoms with Crippen molar-refractivity contribution in [2.75, 3.05) is 13.7 Å². The molecular formula is C13H13NO4. The molecule has 1 aromatic carbocycles. The number of nitrogens with zero attached hydrogens (tertiary/aromatic N) is 1. The quantitative estimate of drug-likeness (QED) is 0.588. The van der Waals surface area contributed by atoms with E-state index in [4.69, 9.17) is 4.74 Å². The monoisotopic (exact) mass is 247 g/mol. The smallest absolute Gasteiger partial charge is 0.230 e. The number of benzene rings is 1. The van der Waals surface area contributed by atoms with Gasteiger partial charge < -0.3 is 4.74 Å². The van der Waals surface area contributed by atoms with Crippen LogP contribution in [0.2, 0.25) is 0 Å². The van der Waals surface area contributed by atoms with Crippen LogP contribution < -0.4 is 4.74 Å². The third kappa shape index (κ3) is 2.40. The van der Waals surface area contributed by atoms with Gasteiger partial charge in [-0.15, -0.1) is 0 Å². The Morgan fingerprint density at radius 3 is 2.22 bits per heavy atom. The van der Waals surface area contributed by atoms with E-state index in [1.54, 1.807) is 31.4 Å². The maximum Gasteiger partial charge on any atom is 0.230 e. The Hall–Kier alpha value is -2.17. The van der Waals surface area contributed by atoms with Crippen molar-refractivity contribution in [2.24, 2.45) is 0 Å². The van der Waals surface area contributed by atoms with Crippen LogP contribution in [0.3, 0.4) is 0 Å². The minimum Gasteiger partial charge on any atom is -0.497 e. The number of carbonyl (C=O) groups is 3. The fourth-order valence-corrected chi connectivity index (χ4v) is 1.81. The van der Waals surface area contributed by atoms with Crippen LogP contribution in [0.4, 0.5) is 0 Å². The first kappa shape index (κ1) is 12.3. The molecule has 2 amide bonds. The summed E-state index contributed by atoms with van der Waals surface area (Å²) in [6, 6.07) is 6.57. The summed E-state index contributed by atoms with van der Waals surface area (Å²) in [4.78, 5) is 35.7. The highest BCUT2D eigenvalue weighted by Gasteiger charge is 2.30. The summed E-state index contributed by atoms with van der Waals surface area (Å²) < 4.78 is 4.99. The summed E-state index contributed by atoms with van der Waals surface area (Å²) in [6.07, 6.45) is 0.406. The van der Waals surface area contributed by atoms with Crippen LogP contribution in [0.15, 0.2) is 24.3 Å². The second-order valence-electron chi connectivity index (χ2n) is 4.03. The molecule has 18 heavy (non-hydrogen) atoms. The molecule has 1 saturated heterocycles. The second-order valence-corrected chi connectivity index (χ2v) is 4.03. The molecule has 0 aliphatic carbocycles. The number of hydrogen-bond donors (Lipinski definition) is 0. The second kappa shape index (κ2) is 5.00. The molecule has 0 saturated carbocycles. The molecule has 5 nitrogen and oxygen atoms in total. The van der Waals surface area contributed by atoms with Gasteiger partial charge in [0.1, 0.15) is 5.75 Å². The molecular weight excluding hydrogens is 234 g/mol. The first-order chi connectivity index (χ1) is 8.61. The lowest BCUT2D eigenvalue weighted by Crippen LogP contribution is -2.34. The molecule has 0 N–H and O–H groups in total. The summed E-state index contributed by atoms with van der Waals surface area (Å²) >= 11 is 0. The number of imide groups is 1. The SMILES string of the molecule is COc1ccc(C(=O)CN2C(=O)CCC2=O)cc1. The zero-order chi connectivity index (χ0) is 13.1. The van der Waals surface area contributed by atoms with Crippen molar-refractivity contribution in [1.29, 1.82) is 0 Å². The zero-order valence-corrected chi connectivity index (χ0v) is 10.0. The highest BCUT2D eigenvalue weighted by atomic mass is 16.5. The predicted octanol–water partition coefficient (Wildman–Crippen LogP) is 1.03. The number of rotatable bonds is 4. The van der Waals surface area contributed by atoms with E-state index < -0.39 is 0 Å². The third-order valence-electron chi connectivity index (χ3n) is 2.87. The first-order valence-corrected chi connectivity index (χ1v) is 5.62. The fraction of sp³-hybridized carbons (Fsp3) is 0.308. The number of hydrogen-bond acceptors (Lipinski definition) is 4. The lowest BCUT2D eigenvalue weighted by Gasteiger charge is -2.12. The van der Waals surface area contributed by atoms with E-state index in [1.807, 2.05) is 0 Å². The molecule has 1 fully saturated rings. The van der Waals surface area contributed by atoms with Crippen molar-refractivity contribution in [1.82, 2.24) is 4.90 Å². The number of ketones is 1. The Morgan fingerprint density at radius 2 is 1.72 bits per heavy atom. The molecule has 1 aliphatic heterocycles. The van der Waals surface area contributed by atoms with Gasteiger partial charge >= 0.3 is 0 Å². The molecule has 0 bridgehead atoms. The van der Waals surface area contributed by atoms with Crippen LogP contribution in [-0.2, 0) is 9.59 Å². The molecule has 1 aliphatic rings. The van der Waals surface area contributed by atoms with Gasteiger partial charge in [-0.3, -0.25) is 19.3 Å². The highest BCUT2D eigenvalue weighted by molar-refractivity contribution is 6.07. The van der Waals surface area contributed by atoms with Gasteiger partial charge in [-0.05, 0) is 24.3 Å². The van der Waals surface area contributed by atoms with Crippen molar-refractivity contribution >= 4 is 17.6 Å². The maximum absolute atomic E-state index is 11.9. The average molecular weight is 247 g/mol. The Kier molecular flexibility index (Phi) is 3.41. The van der Waals surface area contributed by atoms with E-state index in [0.29, 0.717) is 11.3 Å². The average Bonchev–Trinajstić information content (AvgIpc) is 2.70. The van der Waals surface area contributed by atoms with Gasteiger partial charge in [0, 0.05) is 18.4 Å². The van der Waals surface area contributed by atoms with Crippen LogP contribution >= 0.6 is 0 Å². The van der Waals surface area contributed by atoms with E-state index >= 15 is 0 Å². The molecule has 1 aromatic rings. The van der Waals surface area contributed by atoms with E-state index in [-0.39, 0.29) is 37.0 Å². The third-order valence-corrected chi connectivity index (χ3v) is 2.87. The van der Waals surface area contributed by atoms with Gasteiger partial charge in [-0.25, -0.2) is 0 Å². The van der Waals surface area contributed by atoms with Crippen LogP contribution in [0.25, 0.3) is 0 Å². The van der Waals surface area contributed by atoms with Crippen molar-refractivity contribution in [3.63, 3.8) is 0 Å². The largest absolute Gasteiger partial charge is 0.497 e. The van der Waals surface area contributed by atoms with Gasteiger partial charge in [0.25, 0.3) is 0 Å². The van der Waals surface area contributed by atoms with E-state index in [0.717, 1.165) is 4.90 Å². The fourth-order valence-electron chi connectivity index (χ4n) is 1.81. The summed E-state index contributed by atoms with van der Waals surface area (Å²) in [5.41, 5.74) is 0.461. The van der Waals surface area contributed by atoms with Crippen LogP contribution in [-0.4, -0.2) is 36.2 Å². The molecule has 1 heterocycles. The van der Waals surface area contributed by atoms with Gasteiger partial charge in [0.2, 0.25) is 11.8 Å². The Bertz CT molecular complexity index is 476. The molecule has 0 aromatic heterocycles. The van der Waals surface area contributed by atoms with Crippen molar-refractivity contribution < 1.29 is 19.1 Å². The summed E-state index contributed by atoms with van der Waals surface area (Å²) in [6.45, 7) is -0.177. The standard InChI is InChI=1S/C13H13NO4/c1-18-10-4-2-9(3-5-10)11(15)8-14-12(16)6-7-13(14)17/h2-5H,6-8H2,1H3. The lowest BCUT2D eigenvalue weighted by molar-refractivity contribution is -0.137. The van der Waals surface area contributed by atoms with Gasteiger partial charge in [-0.1, -0.05) is 0 Å². The number of ether oxygens (including phenoxy) is 1. The van der Waals surface area contributed by atoms with Crippen LogP contribution in [0, 0.1) is 0 Å². The normalized spacial score (nSPS) is 15.1. The first-order valence-electron chi connectivity index (χ1n) is 5.62. The van der Waals surface area contributed by atoms with Crippen molar-refractivity contribution in [3.05, 3.63) is 29.8 Å². The van der Waals surface area contributed by atoms with E-state index in [9.17, 15) is 14.4 Å². The number of methoxy groups -OCH3 is 1. The Balaban J connectivity index is 2.07. The summed E-state index contributed by atoms with van der Waals surface area (Å²) in [7, 11) is 1.54. The Labute approximate surface area is 104 Å². The zero-order valence-electron chi connectivity index (χ0n) is 10.0. The minimum absolute atomic E-state index is 0.177. The maximum atomic E-state index is 11.9. The van der Waals surface area contributed by atoms with Crippen LogP contribution in [0.1, 0.15) is 23.2 Å². The molecule has 0 radical (unpaired) electrons. The van der Waals surface area contributed by atoms with E-state index in [2.05, 4.69) is 0 Å². The molecule has 2 rings (SSSR count). The predicted molar refractivity (Wildman–Crippen MR) is 63.3 cm³/mol. The molecule has 94 valence electrons. The Morgan fingerprint density at radius 1 is 1.17 bits per heavy atom. The summed E-state index contributed by atoms with van der Waals surface area (Å²) in [5.74, 6) is -0.148.